The van der Waals surface area contributed by atoms with Crippen LogP contribution in [0, 0.1) is 23.6 Å². The molecule has 5 atom stereocenters. The Balaban J connectivity index is 1.64. The van der Waals surface area contributed by atoms with Crippen LogP contribution < -0.4 is 11.1 Å². The minimum atomic E-state index is -1.26. The van der Waals surface area contributed by atoms with Gasteiger partial charge in [0.1, 0.15) is 28.7 Å². The summed E-state index contributed by atoms with van der Waals surface area (Å²) in [5, 5.41) is 35.4. The molecule has 9 nitrogen and oxygen atoms in total. The van der Waals surface area contributed by atoms with Crippen LogP contribution in [0.25, 0.3) is 0 Å². The number of nitrogens with two attached hydrogens (primary N) is 1. The number of Topliss-reactive ketones (excluding diaryl/α,β-unsaturated/α-hetero) is 2. The van der Waals surface area contributed by atoms with Crippen molar-refractivity contribution in [2.45, 2.75) is 37.8 Å². The summed E-state index contributed by atoms with van der Waals surface area (Å²) in [7, 11) is 3.42. The van der Waals surface area contributed by atoms with Crippen molar-refractivity contribution in [3.05, 3.63) is 51.2 Å². The van der Waals surface area contributed by atoms with Crippen molar-refractivity contribution in [1.29, 1.82) is 0 Å². The number of hydrogen-bond acceptors (Lipinski definition) is 8. The highest BCUT2D eigenvalue weighted by Gasteiger charge is 2.54. The minimum absolute atomic E-state index is 0.0468. The number of amides is 1. The molecule has 10 heteroatoms. The number of aliphatic hydroxyl groups excluding tert-OH is 2. The van der Waals surface area contributed by atoms with Crippen LogP contribution in [0.4, 0.5) is 4.39 Å². The second-order valence-electron chi connectivity index (χ2n) is 9.95. The van der Waals surface area contributed by atoms with Crippen LogP contribution in [0.3, 0.4) is 0 Å². The SMILES string of the molecule is CN[C@@H]1C(O)=C(C(N)=O)C(=O)[C@H]2C(O)=C3C(=O)c4c(O)cc(C5CCCN5C)c(F)c4C[C@H]3C[C@H]21. The second kappa shape index (κ2) is 8.17. The Hall–Kier alpha value is -3.24. The van der Waals surface area contributed by atoms with Gasteiger partial charge in [-0.1, -0.05) is 0 Å². The number of carbonyl (C=O) groups is 3. The van der Waals surface area contributed by atoms with Crippen LogP contribution in [-0.4, -0.2) is 64.4 Å². The normalized spacial score (nSPS) is 30.9. The molecule has 35 heavy (non-hydrogen) atoms. The smallest absolute Gasteiger partial charge is 0.255 e. The number of hydrogen-bond donors (Lipinski definition) is 5. The summed E-state index contributed by atoms with van der Waals surface area (Å²) >= 11 is 0. The van der Waals surface area contributed by atoms with Gasteiger partial charge >= 0.3 is 0 Å². The van der Waals surface area contributed by atoms with E-state index in [2.05, 4.69) is 5.32 Å². The van der Waals surface area contributed by atoms with Gasteiger partial charge in [0.2, 0.25) is 0 Å². The highest BCUT2D eigenvalue weighted by atomic mass is 19.1. The number of nitrogens with one attached hydrogen (secondary N) is 1. The van der Waals surface area contributed by atoms with Gasteiger partial charge < -0.3 is 26.4 Å². The Morgan fingerprint density at radius 3 is 2.54 bits per heavy atom. The van der Waals surface area contributed by atoms with E-state index in [9.17, 15) is 29.7 Å². The van der Waals surface area contributed by atoms with Gasteiger partial charge in [0.25, 0.3) is 5.91 Å². The molecule has 0 saturated carbocycles. The van der Waals surface area contributed by atoms with Crippen LogP contribution in [-0.2, 0) is 16.0 Å². The fraction of sp³-hybridized carbons (Fsp3) is 0.480. The zero-order chi connectivity index (χ0) is 25.3. The number of fused-ring (bicyclic) bond motifs is 3. The molecule has 5 rings (SSSR count). The van der Waals surface area contributed by atoms with Crippen molar-refractivity contribution in [2.75, 3.05) is 20.6 Å². The maximum Gasteiger partial charge on any atom is 0.255 e. The Labute approximate surface area is 201 Å². The number of allylic oxidation sites excluding steroid dienone is 2. The molecule has 1 heterocycles. The second-order valence-corrected chi connectivity index (χ2v) is 9.95. The predicted molar refractivity (Wildman–Crippen MR) is 122 cm³/mol. The Morgan fingerprint density at radius 1 is 1.23 bits per heavy atom. The molecule has 1 fully saturated rings. The number of carbonyl (C=O) groups excluding carboxylic acids is 3. The molecule has 1 amide bonds. The average molecular weight is 486 g/mol. The van der Waals surface area contributed by atoms with Gasteiger partial charge in [0.15, 0.2) is 11.6 Å². The maximum atomic E-state index is 15.8. The third-order valence-electron chi connectivity index (χ3n) is 8.20. The van der Waals surface area contributed by atoms with E-state index < -0.39 is 64.2 Å². The number of phenolic OH excluding ortho intramolecular Hbond substituents is 1. The molecule has 4 aliphatic rings. The first-order valence-corrected chi connectivity index (χ1v) is 11.7. The van der Waals surface area contributed by atoms with Crippen molar-refractivity contribution in [1.82, 2.24) is 10.2 Å². The number of aromatic hydroxyl groups is 1. The van der Waals surface area contributed by atoms with E-state index in [1.165, 1.54) is 13.1 Å². The van der Waals surface area contributed by atoms with E-state index >= 15 is 4.39 Å². The van der Waals surface area contributed by atoms with Crippen molar-refractivity contribution in [3.63, 3.8) is 0 Å². The summed E-state index contributed by atoms with van der Waals surface area (Å²) in [6.45, 7) is 0.803. The van der Waals surface area contributed by atoms with E-state index in [0.717, 1.165) is 19.4 Å². The molecule has 1 unspecified atom stereocenters. The van der Waals surface area contributed by atoms with E-state index in [1.807, 2.05) is 11.9 Å². The quantitative estimate of drug-likeness (QED) is 0.405. The summed E-state index contributed by atoms with van der Waals surface area (Å²) in [6, 6.07) is 0.218. The summed E-state index contributed by atoms with van der Waals surface area (Å²) < 4.78 is 15.8. The largest absolute Gasteiger partial charge is 0.511 e. The topological polar surface area (TPSA) is 153 Å². The summed E-state index contributed by atoms with van der Waals surface area (Å²) in [4.78, 5) is 40.5. The number of ketones is 2. The van der Waals surface area contributed by atoms with Crippen molar-refractivity contribution < 1.29 is 34.1 Å². The fourth-order valence-corrected chi connectivity index (χ4v) is 6.63. The number of likely N-dealkylation sites (N-methyl/N-ethyl adjacent to an activating group) is 1. The van der Waals surface area contributed by atoms with E-state index in [-0.39, 0.29) is 41.3 Å². The van der Waals surface area contributed by atoms with Gasteiger partial charge in [-0.05, 0) is 64.2 Å². The molecule has 6 N–H and O–H groups in total. The summed E-state index contributed by atoms with van der Waals surface area (Å²) in [5.74, 6) is -7.20. The lowest BCUT2D eigenvalue weighted by Gasteiger charge is -2.44. The predicted octanol–water partition coefficient (Wildman–Crippen LogP) is 1.57. The standard InChI is InChI=1S/C25H28FN3O6/c1-28-20-12-7-9-6-11-16(14(30)8-10(19(11)26)13-4-3-5-29(13)2)21(31)15(9)22(32)17(12)23(33)18(24(20)34)25(27)35/h8-9,12-13,17,20,28,30,32,34H,3-7H2,1-2H3,(H2,27,35)/t9-,12+,13?,17+,20-/m0/s1. The van der Waals surface area contributed by atoms with Crippen molar-refractivity contribution in [3.8, 4) is 5.75 Å². The molecule has 1 aromatic carbocycles. The third-order valence-corrected chi connectivity index (χ3v) is 8.20. The van der Waals surface area contributed by atoms with E-state index in [1.54, 1.807) is 0 Å². The molecule has 186 valence electrons. The first-order chi connectivity index (χ1) is 16.6. The molecule has 3 aliphatic carbocycles. The molecule has 1 aromatic rings. The Morgan fingerprint density at radius 2 is 1.94 bits per heavy atom. The van der Waals surface area contributed by atoms with Crippen LogP contribution in [0.15, 0.2) is 28.7 Å². The van der Waals surface area contributed by atoms with E-state index in [0.29, 0.717) is 5.56 Å². The van der Waals surface area contributed by atoms with Crippen LogP contribution in [0.2, 0.25) is 0 Å². The number of halogens is 1. The Bertz CT molecular complexity index is 1240. The van der Waals surface area contributed by atoms with Gasteiger partial charge in [0.05, 0.1) is 17.5 Å². The van der Waals surface area contributed by atoms with Gasteiger partial charge in [-0.15, -0.1) is 0 Å². The molecule has 0 bridgehead atoms. The van der Waals surface area contributed by atoms with Gasteiger partial charge in [-0.25, -0.2) is 4.39 Å². The fourth-order valence-electron chi connectivity index (χ4n) is 6.63. The average Bonchev–Trinajstić information content (AvgIpc) is 3.21. The lowest BCUT2D eigenvalue weighted by atomic mass is 9.61. The number of benzene rings is 1. The summed E-state index contributed by atoms with van der Waals surface area (Å²) in [6.07, 6.45) is 1.85. The molecular weight excluding hydrogens is 457 g/mol. The number of primary amides is 1. The molecule has 0 radical (unpaired) electrons. The highest BCUT2D eigenvalue weighted by Crippen LogP contribution is 2.50. The number of rotatable bonds is 3. The summed E-state index contributed by atoms with van der Waals surface area (Å²) in [5.41, 5.74) is 4.88. The van der Waals surface area contributed by atoms with Crippen LogP contribution in [0.5, 0.6) is 5.75 Å². The maximum absolute atomic E-state index is 15.8. The third kappa shape index (κ3) is 3.23. The highest BCUT2D eigenvalue weighted by molar-refractivity contribution is 6.22. The van der Waals surface area contributed by atoms with Gasteiger partial charge in [-0.2, -0.15) is 0 Å². The first-order valence-electron chi connectivity index (χ1n) is 11.7. The zero-order valence-corrected chi connectivity index (χ0v) is 19.5. The van der Waals surface area contributed by atoms with Crippen molar-refractivity contribution in [2.24, 2.45) is 23.5 Å². The van der Waals surface area contributed by atoms with Crippen LogP contribution in [0.1, 0.15) is 46.8 Å². The molecule has 0 spiro atoms. The number of nitrogens with zero attached hydrogens (tertiary/aromatic N) is 1. The molecule has 0 aromatic heterocycles. The van der Waals surface area contributed by atoms with Gasteiger partial charge in [0, 0.05) is 22.7 Å². The molecule has 1 aliphatic heterocycles. The number of phenols is 1. The zero-order valence-electron chi connectivity index (χ0n) is 19.5. The first kappa shape index (κ1) is 23.5. The van der Waals surface area contributed by atoms with Crippen LogP contribution >= 0.6 is 0 Å². The monoisotopic (exact) mass is 485 g/mol. The lowest BCUT2D eigenvalue weighted by Crippen LogP contribution is -2.53. The minimum Gasteiger partial charge on any atom is -0.511 e. The molecule has 1 saturated heterocycles. The number of aliphatic hydroxyl groups is 2. The Kier molecular flexibility index (Phi) is 5.48. The lowest BCUT2D eigenvalue weighted by molar-refractivity contribution is -0.126. The number of likely N-dealkylation sites (tertiary alicyclic amines) is 1. The molecular formula is C25H28FN3O6. The van der Waals surface area contributed by atoms with E-state index in [4.69, 9.17) is 5.73 Å². The van der Waals surface area contributed by atoms with Crippen molar-refractivity contribution >= 4 is 17.5 Å². The van der Waals surface area contributed by atoms with Gasteiger partial charge in [-0.3, -0.25) is 19.3 Å².